The molecule has 28 heavy (non-hydrogen) atoms. The SMILES string of the molecule is NC1(CCn2cc(C(=O)NCC3CCCCCC3)c3c(Br)cccc32)COC1. The van der Waals surface area contributed by atoms with Crippen molar-refractivity contribution < 1.29 is 9.53 Å². The smallest absolute Gasteiger partial charge is 0.253 e. The van der Waals surface area contributed by atoms with E-state index in [1.54, 1.807) is 0 Å². The summed E-state index contributed by atoms with van der Waals surface area (Å²) in [7, 11) is 0. The van der Waals surface area contributed by atoms with E-state index in [4.69, 9.17) is 10.5 Å². The average Bonchev–Trinajstić information content (AvgIpc) is 2.85. The molecule has 2 aromatic rings. The van der Waals surface area contributed by atoms with Gasteiger partial charge in [-0.15, -0.1) is 0 Å². The molecule has 2 aliphatic rings. The summed E-state index contributed by atoms with van der Waals surface area (Å²) in [6.07, 6.45) is 10.5. The van der Waals surface area contributed by atoms with E-state index in [1.807, 2.05) is 18.3 Å². The monoisotopic (exact) mass is 447 g/mol. The van der Waals surface area contributed by atoms with Gasteiger partial charge in [-0.1, -0.05) is 47.7 Å². The Bertz CT molecular complexity index is 836. The number of amides is 1. The van der Waals surface area contributed by atoms with Crippen molar-refractivity contribution in [3.8, 4) is 0 Å². The molecule has 0 spiro atoms. The van der Waals surface area contributed by atoms with Crippen LogP contribution < -0.4 is 11.1 Å². The van der Waals surface area contributed by atoms with E-state index in [0.29, 0.717) is 19.1 Å². The summed E-state index contributed by atoms with van der Waals surface area (Å²) in [5.74, 6) is 0.633. The van der Waals surface area contributed by atoms with E-state index in [2.05, 4.69) is 31.9 Å². The molecule has 0 bridgehead atoms. The van der Waals surface area contributed by atoms with E-state index in [1.165, 1.54) is 38.5 Å². The van der Waals surface area contributed by atoms with Crippen molar-refractivity contribution in [3.05, 3.63) is 34.4 Å². The minimum atomic E-state index is -0.232. The summed E-state index contributed by atoms with van der Waals surface area (Å²) in [5.41, 5.74) is 7.89. The first-order chi connectivity index (χ1) is 13.6. The number of rotatable bonds is 6. The second kappa shape index (κ2) is 8.56. The lowest BCUT2D eigenvalue weighted by Gasteiger charge is -2.37. The number of nitrogens with one attached hydrogen (secondary N) is 1. The molecule has 3 N–H and O–H groups in total. The maximum atomic E-state index is 13.0. The van der Waals surface area contributed by atoms with Crippen molar-refractivity contribution in [1.29, 1.82) is 0 Å². The first kappa shape index (κ1) is 19.9. The first-order valence-corrected chi connectivity index (χ1v) is 11.3. The fraction of sp³-hybridized carbons (Fsp3) is 0.591. The van der Waals surface area contributed by atoms with Crippen LogP contribution in [0.1, 0.15) is 55.3 Å². The fourth-order valence-electron chi connectivity index (χ4n) is 4.42. The van der Waals surface area contributed by atoms with E-state index < -0.39 is 0 Å². The van der Waals surface area contributed by atoms with Crippen LogP contribution in [-0.4, -0.2) is 35.8 Å². The van der Waals surface area contributed by atoms with Crippen LogP contribution >= 0.6 is 15.9 Å². The minimum absolute atomic E-state index is 0.0225. The Hall–Kier alpha value is -1.37. The predicted molar refractivity (Wildman–Crippen MR) is 116 cm³/mol. The summed E-state index contributed by atoms with van der Waals surface area (Å²) < 4.78 is 8.39. The number of hydrogen-bond donors (Lipinski definition) is 2. The van der Waals surface area contributed by atoms with Gasteiger partial charge in [-0.25, -0.2) is 0 Å². The van der Waals surface area contributed by atoms with Crippen LogP contribution in [0, 0.1) is 5.92 Å². The van der Waals surface area contributed by atoms with Gasteiger partial charge in [0, 0.05) is 34.7 Å². The Morgan fingerprint density at radius 3 is 2.68 bits per heavy atom. The van der Waals surface area contributed by atoms with Gasteiger partial charge in [0.05, 0.1) is 24.3 Å². The highest BCUT2D eigenvalue weighted by Gasteiger charge is 2.33. The van der Waals surface area contributed by atoms with Crippen LogP contribution in [0.5, 0.6) is 0 Å². The summed E-state index contributed by atoms with van der Waals surface area (Å²) in [6, 6.07) is 6.09. The van der Waals surface area contributed by atoms with Crippen LogP contribution in [0.4, 0.5) is 0 Å². The number of halogens is 1. The van der Waals surface area contributed by atoms with Gasteiger partial charge < -0.3 is 20.4 Å². The van der Waals surface area contributed by atoms with Gasteiger partial charge in [-0.3, -0.25) is 4.79 Å². The van der Waals surface area contributed by atoms with Crippen LogP contribution in [0.3, 0.4) is 0 Å². The lowest BCUT2D eigenvalue weighted by atomic mass is 9.95. The van der Waals surface area contributed by atoms with Crippen molar-refractivity contribution in [3.63, 3.8) is 0 Å². The Labute approximate surface area is 175 Å². The molecule has 1 aromatic heterocycles. The fourth-order valence-corrected chi connectivity index (χ4v) is 4.99. The number of nitrogens with zero attached hydrogens (tertiary/aromatic N) is 1. The van der Waals surface area contributed by atoms with Gasteiger partial charge in [-0.05, 0) is 37.3 Å². The lowest BCUT2D eigenvalue weighted by Crippen LogP contribution is -2.57. The number of hydrogen-bond acceptors (Lipinski definition) is 3. The van der Waals surface area contributed by atoms with Gasteiger partial charge in [0.1, 0.15) is 0 Å². The first-order valence-electron chi connectivity index (χ1n) is 10.5. The van der Waals surface area contributed by atoms with Crippen molar-refractivity contribution in [2.75, 3.05) is 19.8 Å². The van der Waals surface area contributed by atoms with Crippen molar-refractivity contribution >= 4 is 32.7 Å². The van der Waals surface area contributed by atoms with E-state index in [0.717, 1.165) is 40.4 Å². The number of fused-ring (bicyclic) bond motifs is 1. The molecule has 5 nitrogen and oxygen atoms in total. The second-order valence-electron chi connectivity index (χ2n) is 8.54. The third-order valence-electron chi connectivity index (χ3n) is 6.26. The quantitative estimate of drug-likeness (QED) is 0.651. The molecule has 1 aromatic carbocycles. The molecule has 6 heteroatoms. The Morgan fingerprint density at radius 1 is 1.25 bits per heavy atom. The molecule has 0 radical (unpaired) electrons. The second-order valence-corrected chi connectivity index (χ2v) is 9.40. The Morgan fingerprint density at radius 2 is 2.00 bits per heavy atom. The standard InChI is InChI=1S/C22H30BrN3O2/c23-18-8-5-9-19-20(18)17(13-26(19)11-10-22(24)14-28-15-22)21(27)25-12-16-6-3-1-2-4-7-16/h5,8-9,13,16H,1-4,6-7,10-12,14-15,24H2,(H,25,27). The predicted octanol–water partition coefficient (Wildman–Crippen LogP) is 4.22. The number of nitrogens with two attached hydrogens (primary N) is 1. The lowest BCUT2D eigenvalue weighted by molar-refractivity contribution is -0.0588. The third-order valence-corrected chi connectivity index (χ3v) is 6.92. The highest BCUT2D eigenvalue weighted by atomic mass is 79.9. The normalized spacial score (nSPS) is 19.9. The number of benzene rings is 1. The molecule has 1 aliphatic carbocycles. The van der Waals surface area contributed by atoms with Crippen LogP contribution in [0.15, 0.2) is 28.9 Å². The zero-order valence-electron chi connectivity index (χ0n) is 16.4. The van der Waals surface area contributed by atoms with Crippen molar-refractivity contribution in [1.82, 2.24) is 9.88 Å². The zero-order chi connectivity index (χ0) is 19.6. The molecule has 2 heterocycles. The maximum Gasteiger partial charge on any atom is 0.253 e. The number of aromatic nitrogens is 1. The molecule has 0 atom stereocenters. The Balaban J connectivity index is 1.51. The van der Waals surface area contributed by atoms with Crippen LogP contribution in [-0.2, 0) is 11.3 Å². The van der Waals surface area contributed by atoms with Crippen molar-refractivity contribution in [2.45, 2.75) is 57.0 Å². The molecule has 1 aliphatic heterocycles. The van der Waals surface area contributed by atoms with Gasteiger partial charge in [0.15, 0.2) is 0 Å². The highest BCUT2D eigenvalue weighted by molar-refractivity contribution is 9.10. The van der Waals surface area contributed by atoms with E-state index >= 15 is 0 Å². The molecule has 1 saturated heterocycles. The number of ether oxygens (including phenoxy) is 1. The van der Waals surface area contributed by atoms with Crippen molar-refractivity contribution in [2.24, 2.45) is 11.7 Å². The highest BCUT2D eigenvalue weighted by Crippen LogP contribution is 2.30. The largest absolute Gasteiger partial charge is 0.377 e. The van der Waals surface area contributed by atoms with E-state index in [9.17, 15) is 4.79 Å². The van der Waals surface area contributed by atoms with Gasteiger partial charge in [0.25, 0.3) is 5.91 Å². The molecule has 1 saturated carbocycles. The topological polar surface area (TPSA) is 69.3 Å². The molecule has 0 unspecified atom stereocenters. The maximum absolute atomic E-state index is 13.0. The summed E-state index contributed by atoms with van der Waals surface area (Å²) in [5, 5.41) is 4.19. The van der Waals surface area contributed by atoms with Gasteiger partial charge in [-0.2, -0.15) is 0 Å². The third kappa shape index (κ3) is 4.29. The number of aryl methyl sites for hydroxylation is 1. The number of carbonyl (C=O) groups is 1. The number of carbonyl (C=O) groups excluding carboxylic acids is 1. The van der Waals surface area contributed by atoms with Gasteiger partial charge >= 0.3 is 0 Å². The van der Waals surface area contributed by atoms with Crippen LogP contribution in [0.2, 0.25) is 0 Å². The van der Waals surface area contributed by atoms with Crippen LogP contribution in [0.25, 0.3) is 10.9 Å². The molecule has 1 amide bonds. The van der Waals surface area contributed by atoms with E-state index in [-0.39, 0.29) is 11.4 Å². The minimum Gasteiger partial charge on any atom is -0.377 e. The molecule has 2 fully saturated rings. The molecular formula is C22H30BrN3O2. The Kier molecular flexibility index (Phi) is 6.09. The summed E-state index contributed by atoms with van der Waals surface area (Å²) >= 11 is 3.64. The zero-order valence-corrected chi connectivity index (χ0v) is 18.0. The van der Waals surface area contributed by atoms with Gasteiger partial charge in [0.2, 0.25) is 0 Å². The molecule has 4 rings (SSSR count). The molecular weight excluding hydrogens is 418 g/mol. The summed E-state index contributed by atoms with van der Waals surface area (Å²) in [6.45, 7) is 2.79. The molecule has 152 valence electrons. The average molecular weight is 448 g/mol. The summed E-state index contributed by atoms with van der Waals surface area (Å²) in [4.78, 5) is 13.0.